The van der Waals surface area contributed by atoms with Crippen molar-refractivity contribution in [1.29, 1.82) is 0 Å². The van der Waals surface area contributed by atoms with Crippen LogP contribution in [0.4, 0.5) is 18.2 Å². The van der Waals surface area contributed by atoms with Crippen molar-refractivity contribution in [2.45, 2.75) is 61.9 Å². The zero-order valence-corrected chi connectivity index (χ0v) is 21.2. The van der Waals surface area contributed by atoms with E-state index in [9.17, 15) is 13.2 Å². The van der Waals surface area contributed by atoms with Crippen molar-refractivity contribution in [1.82, 2.24) is 19.1 Å². The maximum absolute atomic E-state index is 12.7. The van der Waals surface area contributed by atoms with Gasteiger partial charge in [0.05, 0.1) is 5.69 Å². The fourth-order valence-corrected chi connectivity index (χ4v) is 7.58. The average molecular weight is 520 g/mol. The van der Waals surface area contributed by atoms with Crippen LogP contribution in [0.25, 0.3) is 0 Å². The van der Waals surface area contributed by atoms with Crippen LogP contribution in [0.3, 0.4) is 0 Å². The lowest BCUT2D eigenvalue weighted by atomic mass is 9.82. The monoisotopic (exact) mass is 519 g/mol. The minimum absolute atomic E-state index is 0.0681. The molecule has 1 saturated carbocycles. The minimum Gasteiger partial charge on any atom is -0.362 e. The third-order valence-corrected chi connectivity index (χ3v) is 9.49. The Hall–Kier alpha value is -2.07. The zero-order valence-electron chi connectivity index (χ0n) is 19.5. The lowest BCUT2D eigenvalue weighted by Gasteiger charge is -2.38. The van der Waals surface area contributed by atoms with Crippen molar-refractivity contribution in [3.05, 3.63) is 53.2 Å². The van der Waals surface area contributed by atoms with E-state index in [1.54, 1.807) is 23.7 Å². The van der Waals surface area contributed by atoms with Crippen molar-refractivity contribution in [3.8, 4) is 0 Å². The van der Waals surface area contributed by atoms with E-state index < -0.39 is 5.51 Å². The first-order chi connectivity index (χ1) is 16.8. The van der Waals surface area contributed by atoms with Gasteiger partial charge >= 0.3 is 5.51 Å². The number of aromatic nitrogens is 4. The number of piperidine rings is 1. The van der Waals surface area contributed by atoms with E-state index in [0.717, 1.165) is 61.8 Å². The highest BCUT2D eigenvalue weighted by Gasteiger charge is 2.43. The second kappa shape index (κ2) is 9.10. The number of anilines is 1. The third kappa shape index (κ3) is 4.83. The summed E-state index contributed by atoms with van der Waals surface area (Å²) in [6.45, 7) is 5.08. The number of aryl methyl sites for hydroxylation is 2. The molecule has 0 amide bonds. The zero-order chi connectivity index (χ0) is 24.2. The summed E-state index contributed by atoms with van der Waals surface area (Å²) >= 11 is 1.54. The molecular formula is C25H28F3N5S2. The fourth-order valence-electron chi connectivity index (χ4n) is 6.26. The molecular weight excluding hydrogens is 491 g/mol. The van der Waals surface area contributed by atoms with Crippen molar-refractivity contribution >= 4 is 28.3 Å². The molecule has 2 fully saturated rings. The van der Waals surface area contributed by atoms with Crippen LogP contribution in [0.2, 0.25) is 0 Å². The molecule has 0 radical (unpaired) electrons. The first kappa shape index (κ1) is 23.3. The number of halogens is 3. The lowest BCUT2D eigenvalue weighted by Crippen LogP contribution is -2.42. The van der Waals surface area contributed by atoms with Gasteiger partial charge in [-0.3, -0.25) is 0 Å². The molecule has 2 aliphatic heterocycles. The van der Waals surface area contributed by atoms with E-state index in [2.05, 4.69) is 22.3 Å². The molecule has 6 rings (SSSR count). The number of fused-ring (bicyclic) bond motifs is 3. The molecule has 35 heavy (non-hydrogen) atoms. The number of hydrogen-bond donors (Lipinski definition) is 0. The third-order valence-electron chi connectivity index (χ3n) is 7.81. The molecule has 2 unspecified atom stereocenters. The maximum Gasteiger partial charge on any atom is 0.446 e. The highest BCUT2D eigenvalue weighted by molar-refractivity contribution is 8.00. The first-order valence-electron chi connectivity index (χ1n) is 12.3. The van der Waals surface area contributed by atoms with E-state index in [1.165, 1.54) is 17.8 Å². The molecule has 0 spiro atoms. The minimum atomic E-state index is -4.27. The summed E-state index contributed by atoms with van der Waals surface area (Å²) in [4.78, 5) is 7.74. The second-order valence-electron chi connectivity index (χ2n) is 10.1. The second-order valence-corrected chi connectivity index (χ2v) is 12.0. The fraction of sp³-hybridized carbons (Fsp3) is 0.560. The van der Waals surface area contributed by atoms with Crippen molar-refractivity contribution in [2.75, 3.05) is 18.0 Å². The Bertz CT molecular complexity index is 1170. The van der Waals surface area contributed by atoms with E-state index in [1.807, 2.05) is 16.8 Å². The molecule has 0 N–H and O–H groups in total. The quantitative estimate of drug-likeness (QED) is 0.371. The van der Waals surface area contributed by atoms with Crippen LogP contribution < -0.4 is 4.90 Å². The molecule has 1 aliphatic carbocycles. The Morgan fingerprint density at radius 1 is 1.09 bits per heavy atom. The van der Waals surface area contributed by atoms with Gasteiger partial charge in [-0.2, -0.15) is 22.6 Å². The predicted octanol–water partition coefficient (Wildman–Crippen LogP) is 6.29. The summed E-state index contributed by atoms with van der Waals surface area (Å²) in [5.41, 5.74) is -2.16. The van der Waals surface area contributed by atoms with Crippen LogP contribution in [-0.2, 0) is 13.0 Å². The van der Waals surface area contributed by atoms with Gasteiger partial charge in [0, 0.05) is 36.9 Å². The summed E-state index contributed by atoms with van der Waals surface area (Å²) in [5, 5.41) is 6.18. The number of benzene rings is 1. The van der Waals surface area contributed by atoms with Crippen molar-refractivity contribution < 1.29 is 13.2 Å². The van der Waals surface area contributed by atoms with Gasteiger partial charge in [-0.25, -0.2) is 9.67 Å². The highest BCUT2D eigenvalue weighted by Crippen LogP contribution is 2.45. The van der Waals surface area contributed by atoms with Crippen LogP contribution in [0.1, 0.15) is 54.5 Å². The Morgan fingerprint density at radius 2 is 1.83 bits per heavy atom. The molecule has 5 nitrogen and oxygen atoms in total. The molecule has 2 bridgehead atoms. The molecule has 1 saturated heterocycles. The number of thioether (sulfide) groups is 1. The van der Waals surface area contributed by atoms with Gasteiger partial charge in [0.25, 0.3) is 0 Å². The SMILES string of the molecule is Cc1cc(N2C[C@H]3CC[C@@H](C2)C3Cc2nc3n(n2)CCCC3c2ccc(SC(F)(F)F)cc2)sn1. The summed E-state index contributed by atoms with van der Waals surface area (Å²) < 4.78 is 44.6. The van der Waals surface area contributed by atoms with Gasteiger partial charge in [-0.15, -0.1) is 0 Å². The van der Waals surface area contributed by atoms with Crippen LogP contribution in [0.15, 0.2) is 35.2 Å². The standard InChI is InChI=1S/C25H28F3N5S2/c1-15-11-23(35-31-15)32-13-17-4-5-18(14-32)21(17)12-22-29-24-20(3-2-10-33(24)30-22)16-6-8-19(9-7-16)34-25(26,27)28/h6-9,11,17-18,20-21H,2-5,10,12-14H2,1H3/t17-,18+,20?,21?. The molecule has 10 heteroatoms. The molecule has 3 aromatic rings. The van der Waals surface area contributed by atoms with Crippen LogP contribution >= 0.6 is 23.3 Å². The van der Waals surface area contributed by atoms with E-state index in [-0.39, 0.29) is 22.6 Å². The number of alkyl halides is 3. The van der Waals surface area contributed by atoms with Gasteiger partial charge in [-0.05, 0) is 97.4 Å². The summed E-state index contributed by atoms with van der Waals surface area (Å²) in [6, 6.07) is 8.98. The van der Waals surface area contributed by atoms with Gasteiger partial charge in [0.15, 0.2) is 5.82 Å². The lowest BCUT2D eigenvalue weighted by molar-refractivity contribution is -0.0328. The molecule has 1 aromatic carbocycles. The summed E-state index contributed by atoms with van der Waals surface area (Å²) in [7, 11) is 0. The van der Waals surface area contributed by atoms with E-state index in [4.69, 9.17) is 10.1 Å². The largest absolute Gasteiger partial charge is 0.446 e. The Kier molecular flexibility index (Phi) is 6.07. The predicted molar refractivity (Wildman–Crippen MR) is 132 cm³/mol. The Morgan fingerprint density at radius 3 is 2.49 bits per heavy atom. The van der Waals surface area contributed by atoms with Crippen LogP contribution in [0.5, 0.6) is 0 Å². The number of hydrogen-bond acceptors (Lipinski definition) is 6. The topological polar surface area (TPSA) is 46.8 Å². The first-order valence-corrected chi connectivity index (χ1v) is 13.9. The van der Waals surface area contributed by atoms with E-state index >= 15 is 0 Å². The van der Waals surface area contributed by atoms with Crippen molar-refractivity contribution in [3.63, 3.8) is 0 Å². The Labute approximate surface area is 211 Å². The molecule has 2 aromatic heterocycles. The summed E-state index contributed by atoms with van der Waals surface area (Å²) in [5.74, 6) is 3.91. The summed E-state index contributed by atoms with van der Waals surface area (Å²) in [6.07, 6.45) is 5.39. The van der Waals surface area contributed by atoms with Gasteiger partial charge in [0.2, 0.25) is 0 Å². The highest BCUT2D eigenvalue weighted by atomic mass is 32.2. The maximum atomic E-state index is 12.7. The van der Waals surface area contributed by atoms with Crippen LogP contribution in [0, 0.1) is 24.7 Å². The Balaban J connectivity index is 1.17. The van der Waals surface area contributed by atoms with Gasteiger partial charge in [0.1, 0.15) is 10.8 Å². The van der Waals surface area contributed by atoms with E-state index in [0.29, 0.717) is 17.8 Å². The van der Waals surface area contributed by atoms with Crippen LogP contribution in [-0.4, -0.2) is 37.7 Å². The molecule has 4 atom stereocenters. The normalized spacial score (nSPS) is 26.2. The average Bonchev–Trinajstić information content (AvgIpc) is 3.48. The molecule has 3 aliphatic rings. The number of rotatable bonds is 5. The smallest absolute Gasteiger partial charge is 0.362 e. The van der Waals surface area contributed by atoms with Gasteiger partial charge in [-0.1, -0.05) is 12.1 Å². The molecule has 4 heterocycles. The van der Waals surface area contributed by atoms with Gasteiger partial charge < -0.3 is 4.90 Å². The molecule has 186 valence electrons. The number of nitrogens with zero attached hydrogens (tertiary/aromatic N) is 5. The van der Waals surface area contributed by atoms with Crippen molar-refractivity contribution in [2.24, 2.45) is 17.8 Å².